The van der Waals surface area contributed by atoms with Crippen molar-refractivity contribution in [1.82, 2.24) is 20.3 Å². The first-order valence-corrected chi connectivity index (χ1v) is 13.3. The molecule has 2 fully saturated rings. The van der Waals surface area contributed by atoms with Gasteiger partial charge in [0.2, 0.25) is 0 Å². The fourth-order valence-electron chi connectivity index (χ4n) is 5.67. The van der Waals surface area contributed by atoms with Gasteiger partial charge in [-0.25, -0.2) is 9.80 Å². The molecule has 2 N–H and O–H groups in total. The van der Waals surface area contributed by atoms with E-state index in [9.17, 15) is 14.7 Å². The number of hydrazine groups is 1. The average molecular weight is 513 g/mol. The van der Waals surface area contributed by atoms with E-state index in [-0.39, 0.29) is 30.4 Å². The van der Waals surface area contributed by atoms with Crippen molar-refractivity contribution in [3.63, 3.8) is 0 Å². The maximum atomic E-state index is 12.5. The van der Waals surface area contributed by atoms with Crippen LogP contribution in [0.1, 0.15) is 64.4 Å². The Morgan fingerprint density at radius 3 is 2.59 bits per heavy atom. The minimum atomic E-state index is -0.804. The fourth-order valence-corrected chi connectivity index (χ4v) is 5.67. The number of nitrogens with zero attached hydrogens (tertiary/aromatic N) is 3. The Morgan fingerprint density at radius 2 is 1.92 bits per heavy atom. The van der Waals surface area contributed by atoms with Gasteiger partial charge >= 0.3 is 12.1 Å². The van der Waals surface area contributed by atoms with Crippen LogP contribution in [0.3, 0.4) is 0 Å². The number of piperidine rings is 1. The number of benzene rings is 1. The molecular formula is C28H40N4O5. The second-order valence-electron chi connectivity index (χ2n) is 11.1. The van der Waals surface area contributed by atoms with Gasteiger partial charge in [-0.1, -0.05) is 6.07 Å². The van der Waals surface area contributed by atoms with Crippen molar-refractivity contribution in [2.75, 3.05) is 33.3 Å². The SMILES string of the molecule is COc1ccc2cccnc2c1C1CCCN(C(CC(=O)O)C2CCN(C(=O)OC(C)(C)C)CC2)NC1. The van der Waals surface area contributed by atoms with Crippen LogP contribution in [0.4, 0.5) is 4.79 Å². The number of carboxylic acid groups (broad SMARTS) is 1. The molecule has 1 aromatic carbocycles. The number of nitrogens with one attached hydrogen (secondary N) is 1. The van der Waals surface area contributed by atoms with Gasteiger partial charge in [-0.05, 0) is 70.6 Å². The Labute approximate surface area is 219 Å². The molecule has 202 valence electrons. The molecule has 2 aromatic rings. The van der Waals surface area contributed by atoms with Crippen LogP contribution in [0.5, 0.6) is 5.75 Å². The summed E-state index contributed by atoms with van der Waals surface area (Å²) in [5.41, 5.74) is 5.13. The number of rotatable bonds is 6. The van der Waals surface area contributed by atoms with Crippen molar-refractivity contribution in [3.05, 3.63) is 36.0 Å². The summed E-state index contributed by atoms with van der Waals surface area (Å²) < 4.78 is 11.3. The van der Waals surface area contributed by atoms with Crippen LogP contribution in [0.25, 0.3) is 10.9 Å². The Balaban J connectivity index is 1.46. The Bertz CT molecular complexity index is 1090. The molecule has 0 radical (unpaired) electrons. The zero-order valence-electron chi connectivity index (χ0n) is 22.4. The van der Waals surface area contributed by atoms with Gasteiger partial charge in [0.15, 0.2) is 0 Å². The van der Waals surface area contributed by atoms with Crippen LogP contribution in [-0.4, -0.2) is 77.0 Å². The first-order valence-electron chi connectivity index (χ1n) is 13.3. The molecule has 37 heavy (non-hydrogen) atoms. The van der Waals surface area contributed by atoms with E-state index >= 15 is 0 Å². The highest BCUT2D eigenvalue weighted by Gasteiger charge is 2.36. The fraction of sp³-hybridized carbons (Fsp3) is 0.607. The van der Waals surface area contributed by atoms with Crippen molar-refractivity contribution in [2.24, 2.45) is 5.92 Å². The third-order valence-corrected chi connectivity index (χ3v) is 7.41. The standard InChI is InChI=1S/C28H40N4O5/c1-28(2,3)37-27(35)31-15-11-19(12-16-31)22(17-24(33)34)32-14-6-8-21(18-30-32)25-23(36-4)10-9-20-7-5-13-29-26(20)25/h5,7,9-10,13,19,21-22,30H,6,8,11-12,14-18H2,1-4H3,(H,33,34). The third-order valence-electron chi connectivity index (χ3n) is 7.41. The van der Waals surface area contributed by atoms with Crippen LogP contribution < -0.4 is 10.2 Å². The predicted octanol–water partition coefficient (Wildman–Crippen LogP) is 4.42. The molecule has 4 rings (SSSR count). The maximum absolute atomic E-state index is 12.5. The lowest BCUT2D eigenvalue weighted by Crippen LogP contribution is -2.53. The normalized spacial score (nSPS) is 20.9. The monoisotopic (exact) mass is 512 g/mol. The third kappa shape index (κ3) is 6.70. The van der Waals surface area contributed by atoms with E-state index in [0.717, 1.165) is 54.4 Å². The summed E-state index contributed by atoms with van der Waals surface area (Å²) in [4.78, 5) is 30.8. The highest BCUT2D eigenvalue weighted by molar-refractivity contribution is 5.84. The number of ether oxygens (including phenoxy) is 2. The summed E-state index contributed by atoms with van der Waals surface area (Å²) in [6.07, 6.45) is 4.96. The second-order valence-corrected chi connectivity index (χ2v) is 11.1. The number of aliphatic carboxylic acids is 1. The lowest BCUT2D eigenvalue weighted by atomic mass is 9.87. The number of hydrogen-bond acceptors (Lipinski definition) is 7. The van der Waals surface area contributed by atoms with Crippen molar-refractivity contribution < 1.29 is 24.2 Å². The number of amides is 1. The lowest BCUT2D eigenvalue weighted by molar-refractivity contribution is -0.139. The van der Waals surface area contributed by atoms with E-state index < -0.39 is 11.6 Å². The minimum absolute atomic E-state index is 0.0634. The summed E-state index contributed by atoms with van der Waals surface area (Å²) in [5, 5.41) is 13.0. The number of carbonyl (C=O) groups is 2. The lowest BCUT2D eigenvalue weighted by Gasteiger charge is -2.40. The van der Waals surface area contributed by atoms with E-state index in [1.54, 1.807) is 12.0 Å². The molecule has 3 heterocycles. The first-order chi connectivity index (χ1) is 17.7. The van der Waals surface area contributed by atoms with Crippen LogP contribution in [0.2, 0.25) is 0 Å². The Kier molecular flexibility index (Phi) is 8.54. The zero-order chi connectivity index (χ0) is 26.6. The number of fused-ring (bicyclic) bond motifs is 1. The van der Waals surface area contributed by atoms with Crippen molar-refractivity contribution in [3.8, 4) is 5.75 Å². The second kappa shape index (κ2) is 11.6. The van der Waals surface area contributed by atoms with Gasteiger partial charge in [-0.2, -0.15) is 0 Å². The van der Waals surface area contributed by atoms with Crippen molar-refractivity contribution in [2.45, 2.75) is 70.4 Å². The number of carboxylic acids is 1. The number of hydrogen-bond donors (Lipinski definition) is 2. The highest BCUT2D eigenvalue weighted by Crippen LogP contribution is 2.37. The summed E-state index contributed by atoms with van der Waals surface area (Å²) in [7, 11) is 1.69. The van der Waals surface area contributed by atoms with Gasteiger partial charge in [0.1, 0.15) is 11.4 Å². The number of aromatic nitrogens is 1. The smallest absolute Gasteiger partial charge is 0.410 e. The van der Waals surface area contributed by atoms with Gasteiger partial charge in [0.25, 0.3) is 0 Å². The van der Waals surface area contributed by atoms with Gasteiger partial charge in [0, 0.05) is 55.3 Å². The first kappa shape index (κ1) is 27.1. The minimum Gasteiger partial charge on any atom is -0.496 e. The van der Waals surface area contributed by atoms with Crippen molar-refractivity contribution >= 4 is 23.0 Å². The molecule has 2 aliphatic heterocycles. The molecule has 1 aromatic heterocycles. The number of pyridine rings is 1. The van der Waals surface area contributed by atoms with Gasteiger partial charge < -0.3 is 19.5 Å². The van der Waals surface area contributed by atoms with E-state index in [1.165, 1.54) is 0 Å². The zero-order valence-corrected chi connectivity index (χ0v) is 22.4. The van der Waals surface area contributed by atoms with Crippen LogP contribution >= 0.6 is 0 Å². The molecule has 9 nitrogen and oxygen atoms in total. The summed E-state index contributed by atoms with van der Waals surface area (Å²) in [6.45, 7) is 8.18. The molecule has 2 saturated heterocycles. The van der Waals surface area contributed by atoms with E-state index in [4.69, 9.17) is 9.47 Å². The molecule has 0 aliphatic carbocycles. The van der Waals surface area contributed by atoms with Gasteiger partial charge in [-0.15, -0.1) is 0 Å². The topological polar surface area (TPSA) is 104 Å². The molecule has 0 spiro atoms. The van der Waals surface area contributed by atoms with Gasteiger partial charge in [-0.3, -0.25) is 15.2 Å². The Morgan fingerprint density at radius 1 is 1.16 bits per heavy atom. The highest BCUT2D eigenvalue weighted by atomic mass is 16.6. The molecule has 2 unspecified atom stereocenters. The van der Waals surface area contributed by atoms with Gasteiger partial charge in [0.05, 0.1) is 19.0 Å². The van der Waals surface area contributed by atoms with Crippen molar-refractivity contribution in [1.29, 1.82) is 0 Å². The average Bonchev–Trinajstić information content (AvgIpc) is 3.11. The quantitative estimate of drug-likeness (QED) is 0.586. The van der Waals surface area contributed by atoms with E-state index in [1.807, 2.05) is 45.2 Å². The molecule has 1 amide bonds. The molecule has 2 atom stereocenters. The molecule has 0 bridgehead atoms. The number of carbonyl (C=O) groups excluding carboxylic acids is 1. The predicted molar refractivity (Wildman–Crippen MR) is 142 cm³/mol. The van der Waals surface area contributed by atoms with Crippen LogP contribution in [0, 0.1) is 5.92 Å². The van der Waals surface area contributed by atoms with Crippen LogP contribution in [-0.2, 0) is 9.53 Å². The maximum Gasteiger partial charge on any atom is 0.410 e. The van der Waals surface area contributed by atoms with E-state index in [2.05, 4.69) is 21.5 Å². The summed E-state index contributed by atoms with van der Waals surface area (Å²) in [6, 6.07) is 7.90. The molecule has 0 saturated carbocycles. The molecular weight excluding hydrogens is 472 g/mol. The number of methoxy groups -OCH3 is 1. The molecule has 2 aliphatic rings. The van der Waals surface area contributed by atoms with Crippen LogP contribution in [0.15, 0.2) is 30.5 Å². The largest absolute Gasteiger partial charge is 0.496 e. The summed E-state index contributed by atoms with van der Waals surface area (Å²) >= 11 is 0. The van der Waals surface area contributed by atoms with E-state index in [0.29, 0.717) is 19.6 Å². The summed E-state index contributed by atoms with van der Waals surface area (Å²) in [5.74, 6) is 0.399. The number of likely N-dealkylation sites (tertiary alicyclic amines) is 1. The Hall–Kier alpha value is -2.91. The molecule has 9 heteroatoms.